The molecular formula is C18H22O3. The molecule has 1 aromatic rings. The normalized spacial score (nSPS) is 30.2. The minimum atomic E-state index is -0.520. The molecular weight excluding hydrogens is 264 g/mol. The Kier molecular flexibility index (Phi) is 3.12. The molecule has 0 bridgehead atoms. The topological polar surface area (TPSA) is 35.5 Å². The van der Waals surface area contributed by atoms with Crippen molar-refractivity contribution in [2.24, 2.45) is 5.41 Å². The molecule has 2 aliphatic carbocycles. The van der Waals surface area contributed by atoms with Gasteiger partial charge in [-0.1, -0.05) is 25.5 Å². The molecule has 2 atom stereocenters. The maximum absolute atomic E-state index is 12.4. The fourth-order valence-corrected chi connectivity index (χ4v) is 4.15. The van der Waals surface area contributed by atoms with Gasteiger partial charge >= 0.3 is 5.97 Å². The smallest absolute Gasteiger partial charge is 0.315 e. The summed E-state index contributed by atoms with van der Waals surface area (Å²) in [4.78, 5) is 12.4. The summed E-state index contributed by atoms with van der Waals surface area (Å²) in [5.41, 5.74) is 3.07. The van der Waals surface area contributed by atoms with Gasteiger partial charge in [-0.05, 0) is 48.6 Å². The predicted molar refractivity (Wildman–Crippen MR) is 82.3 cm³/mol. The summed E-state index contributed by atoms with van der Waals surface area (Å²) in [6, 6.07) is 6.20. The molecule has 0 heterocycles. The summed E-state index contributed by atoms with van der Waals surface area (Å²) in [7, 11) is 3.16. The SMILES string of the molecule is COC(=O)[C@]1(C)CCC[C@]2(C)C1=Cc1cc(OC)ccc12. The average Bonchev–Trinajstić information content (AvgIpc) is 2.80. The van der Waals surface area contributed by atoms with Gasteiger partial charge < -0.3 is 9.47 Å². The largest absolute Gasteiger partial charge is 0.497 e. The summed E-state index contributed by atoms with van der Waals surface area (Å²) in [5.74, 6) is 0.729. The van der Waals surface area contributed by atoms with Crippen LogP contribution in [0.4, 0.5) is 0 Å². The Balaban J connectivity index is 2.15. The van der Waals surface area contributed by atoms with E-state index in [1.165, 1.54) is 23.8 Å². The van der Waals surface area contributed by atoms with Crippen molar-refractivity contribution < 1.29 is 14.3 Å². The molecule has 0 unspecified atom stereocenters. The maximum Gasteiger partial charge on any atom is 0.315 e. The Labute approximate surface area is 125 Å². The van der Waals surface area contributed by atoms with Crippen molar-refractivity contribution in [1.82, 2.24) is 0 Å². The second-order valence-electron chi connectivity index (χ2n) is 6.52. The van der Waals surface area contributed by atoms with Crippen molar-refractivity contribution in [3.05, 3.63) is 34.9 Å². The molecule has 0 radical (unpaired) electrons. The first-order valence-corrected chi connectivity index (χ1v) is 7.45. The molecule has 0 amide bonds. The molecule has 0 spiro atoms. The minimum absolute atomic E-state index is 0.0667. The van der Waals surface area contributed by atoms with Crippen LogP contribution in [-0.2, 0) is 14.9 Å². The van der Waals surface area contributed by atoms with Gasteiger partial charge in [0.05, 0.1) is 19.6 Å². The van der Waals surface area contributed by atoms with E-state index in [4.69, 9.17) is 9.47 Å². The summed E-state index contributed by atoms with van der Waals surface area (Å²) >= 11 is 0. The third kappa shape index (κ3) is 1.83. The van der Waals surface area contributed by atoms with Gasteiger partial charge in [-0.3, -0.25) is 4.79 Å². The van der Waals surface area contributed by atoms with Crippen LogP contribution in [0.1, 0.15) is 44.2 Å². The fraction of sp³-hybridized carbons (Fsp3) is 0.500. The predicted octanol–water partition coefficient (Wildman–Crippen LogP) is 3.71. The number of rotatable bonds is 2. The van der Waals surface area contributed by atoms with Gasteiger partial charge in [0.25, 0.3) is 0 Å². The van der Waals surface area contributed by atoms with E-state index in [1.807, 2.05) is 13.0 Å². The Morgan fingerprint density at radius 1 is 1.19 bits per heavy atom. The number of carbonyl (C=O) groups excluding carboxylic acids is 1. The van der Waals surface area contributed by atoms with E-state index >= 15 is 0 Å². The molecule has 1 aromatic carbocycles. The lowest BCUT2D eigenvalue weighted by Gasteiger charge is -2.43. The standard InChI is InChI=1S/C18H22O3/c1-17-8-5-9-18(2,16(19)21-4)15(17)11-12-10-13(20-3)6-7-14(12)17/h6-7,10-11H,5,8-9H2,1-4H3/t17-,18+/m0/s1. The van der Waals surface area contributed by atoms with Crippen LogP contribution in [0, 0.1) is 5.41 Å². The van der Waals surface area contributed by atoms with E-state index in [-0.39, 0.29) is 11.4 Å². The first kappa shape index (κ1) is 14.2. The number of ether oxygens (including phenoxy) is 2. The Bertz CT molecular complexity index is 631. The number of methoxy groups -OCH3 is 2. The second kappa shape index (κ2) is 4.62. The van der Waals surface area contributed by atoms with Gasteiger partial charge in [0.2, 0.25) is 0 Å². The molecule has 0 aliphatic heterocycles. The molecule has 0 aromatic heterocycles. The Morgan fingerprint density at radius 3 is 2.62 bits per heavy atom. The number of fused-ring (bicyclic) bond motifs is 3. The van der Waals surface area contributed by atoms with Crippen molar-refractivity contribution in [3.8, 4) is 5.75 Å². The van der Waals surface area contributed by atoms with Crippen molar-refractivity contribution in [2.45, 2.75) is 38.5 Å². The van der Waals surface area contributed by atoms with Gasteiger partial charge in [0.15, 0.2) is 0 Å². The zero-order chi connectivity index (χ0) is 15.3. The molecule has 1 saturated carbocycles. The Hall–Kier alpha value is -1.77. The Morgan fingerprint density at radius 2 is 1.95 bits per heavy atom. The van der Waals surface area contributed by atoms with Crippen LogP contribution in [0.2, 0.25) is 0 Å². The molecule has 2 aliphatic rings. The highest BCUT2D eigenvalue weighted by Gasteiger charge is 2.52. The average molecular weight is 286 g/mol. The molecule has 0 N–H and O–H groups in total. The monoisotopic (exact) mass is 286 g/mol. The van der Waals surface area contributed by atoms with Crippen LogP contribution in [0.15, 0.2) is 23.8 Å². The summed E-state index contributed by atoms with van der Waals surface area (Å²) < 4.78 is 10.4. The summed E-state index contributed by atoms with van der Waals surface area (Å²) in [6.07, 6.45) is 5.13. The lowest BCUT2D eigenvalue weighted by atomic mass is 9.59. The van der Waals surface area contributed by atoms with Crippen LogP contribution < -0.4 is 4.74 Å². The molecule has 1 fully saturated rings. The van der Waals surface area contributed by atoms with Gasteiger partial charge in [0, 0.05) is 5.41 Å². The molecule has 112 valence electrons. The van der Waals surface area contributed by atoms with E-state index in [2.05, 4.69) is 25.1 Å². The number of hydrogen-bond donors (Lipinski definition) is 0. The highest BCUT2D eigenvalue weighted by Crippen LogP contribution is 2.57. The second-order valence-corrected chi connectivity index (χ2v) is 6.52. The number of hydrogen-bond acceptors (Lipinski definition) is 3. The fourth-order valence-electron chi connectivity index (χ4n) is 4.15. The zero-order valence-electron chi connectivity index (χ0n) is 13.2. The first-order valence-electron chi connectivity index (χ1n) is 7.45. The van der Waals surface area contributed by atoms with Crippen molar-refractivity contribution >= 4 is 12.0 Å². The van der Waals surface area contributed by atoms with Crippen molar-refractivity contribution in [1.29, 1.82) is 0 Å². The molecule has 3 nitrogen and oxygen atoms in total. The number of benzene rings is 1. The van der Waals surface area contributed by atoms with Gasteiger partial charge in [-0.25, -0.2) is 0 Å². The molecule has 3 heteroatoms. The van der Waals surface area contributed by atoms with Crippen molar-refractivity contribution in [2.75, 3.05) is 14.2 Å². The van der Waals surface area contributed by atoms with E-state index in [1.54, 1.807) is 7.11 Å². The third-order valence-electron chi connectivity index (χ3n) is 5.33. The number of esters is 1. The van der Waals surface area contributed by atoms with Crippen LogP contribution in [0.5, 0.6) is 5.75 Å². The van der Waals surface area contributed by atoms with Gasteiger partial charge in [0.1, 0.15) is 5.75 Å². The lowest BCUT2D eigenvalue weighted by molar-refractivity contribution is -0.151. The quantitative estimate of drug-likeness (QED) is 0.777. The molecule has 0 saturated heterocycles. The van der Waals surface area contributed by atoms with E-state index < -0.39 is 5.41 Å². The van der Waals surface area contributed by atoms with Crippen LogP contribution in [-0.4, -0.2) is 20.2 Å². The maximum atomic E-state index is 12.4. The third-order valence-corrected chi connectivity index (χ3v) is 5.33. The van der Waals surface area contributed by atoms with Crippen LogP contribution in [0.3, 0.4) is 0 Å². The first-order chi connectivity index (χ1) is 9.95. The molecule has 3 rings (SSSR count). The summed E-state index contributed by atoms with van der Waals surface area (Å²) in [6.45, 7) is 4.27. The van der Waals surface area contributed by atoms with Crippen molar-refractivity contribution in [3.63, 3.8) is 0 Å². The van der Waals surface area contributed by atoms with Gasteiger partial charge in [-0.2, -0.15) is 0 Å². The van der Waals surface area contributed by atoms with Crippen LogP contribution >= 0.6 is 0 Å². The van der Waals surface area contributed by atoms with E-state index in [0.29, 0.717) is 0 Å². The lowest BCUT2D eigenvalue weighted by Crippen LogP contribution is -2.42. The van der Waals surface area contributed by atoms with Gasteiger partial charge in [-0.15, -0.1) is 0 Å². The van der Waals surface area contributed by atoms with Crippen LogP contribution in [0.25, 0.3) is 6.08 Å². The zero-order valence-corrected chi connectivity index (χ0v) is 13.2. The molecule has 21 heavy (non-hydrogen) atoms. The number of carbonyl (C=O) groups is 1. The van der Waals surface area contributed by atoms with E-state index in [0.717, 1.165) is 25.0 Å². The highest BCUT2D eigenvalue weighted by atomic mass is 16.5. The van der Waals surface area contributed by atoms with E-state index in [9.17, 15) is 4.79 Å². The minimum Gasteiger partial charge on any atom is -0.497 e. The highest BCUT2D eigenvalue weighted by molar-refractivity contribution is 5.86. The summed E-state index contributed by atoms with van der Waals surface area (Å²) in [5, 5.41) is 0.